The van der Waals surface area contributed by atoms with Gasteiger partial charge < -0.3 is 10.2 Å². The molecule has 0 spiro atoms. The fraction of sp³-hybridized carbons (Fsp3) is 0.727. The first-order chi connectivity index (χ1) is 12.0. The van der Waals surface area contributed by atoms with Crippen LogP contribution in [0.25, 0.3) is 0 Å². The summed E-state index contributed by atoms with van der Waals surface area (Å²) in [5, 5.41) is 22.4. The van der Waals surface area contributed by atoms with Gasteiger partial charge in [-0.15, -0.1) is 0 Å². The van der Waals surface area contributed by atoms with Gasteiger partial charge in [-0.1, -0.05) is 32.4 Å². The molecule has 3 saturated carbocycles. The summed E-state index contributed by atoms with van der Waals surface area (Å²) in [7, 11) is 0. The first-order valence-electron chi connectivity index (χ1n) is 9.91. The van der Waals surface area contributed by atoms with E-state index in [1.54, 1.807) is 12.2 Å². The number of carbonyl (C=O) groups is 2. The molecule has 4 nitrogen and oxygen atoms in total. The Labute approximate surface area is 155 Å². The number of fused-ring (bicyclic) bond motifs is 5. The third kappa shape index (κ3) is 2.03. The first-order valence-corrected chi connectivity index (χ1v) is 9.91. The van der Waals surface area contributed by atoms with Crippen molar-refractivity contribution < 1.29 is 19.8 Å². The van der Waals surface area contributed by atoms with E-state index in [-0.39, 0.29) is 40.7 Å². The maximum absolute atomic E-state index is 12.3. The van der Waals surface area contributed by atoms with Crippen LogP contribution in [0.4, 0.5) is 0 Å². The highest BCUT2D eigenvalue weighted by atomic mass is 16.3. The van der Waals surface area contributed by atoms with Crippen molar-refractivity contribution in [3.05, 3.63) is 23.8 Å². The Morgan fingerprint density at radius 3 is 2.65 bits per heavy atom. The molecule has 0 aliphatic heterocycles. The van der Waals surface area contributed by atoms with Gasteiger partial charge in [0.1, 0.15) is 5.60 Å². The second-order valence-corrected chi connectivity index (χ2v) is 9.70. The molecule has 0 unspecified atom stereocenters. The number of rotatable bonds is 1. The third-order valence-corrected chi connectivity index (χ3v) is 8.55. The van der Waals surface area contributed by atoms with Crippen molar-refractivity contribution in [3.8, 4) is 0 Å². The first kappa shape index (κ1) is 18.1. The zero-order chi connectivity index (χ0) is 19.1. The summed E-state index contributed by atoms with van der Waals surface area (Å²) in [5.41, 5.74) is -1.10. The van der Waals surface area contributed by atoms with E-state index in [4.69, 9.17) is 0 Å². The molecule has 4 aliphatic rings. The molecule has 0 aromatic heterocycles. The molecule has 0 aromatic rings. The Bertz CT molecular complexity index is 736. The van der Waals surface area contributed by atoms with Gasteiger partial charge in [0, 0.05) is 16.7 Å². The van der Waals surface area contributed by atoms with E-state index in [1.807, 2.05) is 13.0 Å². The van der Waals surface area contributed by atoms with Gasteiger partial charge in [-0.3, -0.25) is 9.59 Å². The molecule has 0 heterocycles. The Morgan fingerprint density at radius 1 is 1.31 bits per heavy atom. The number of hydrogen-bond acceptors (Lipinski definition) is 4. The van der Waals surface area contributed by atoms with Crippen LogP contribution in [0, 0.1) is 34.5 Å². The summed E-state index contributed by atoms with van der Waals surface area (Å²) in [6.07, 6.45) is 7.46. The quantitative estimate of drug-likeness (QED) is 0.756. The number of allylic oxidation sites excluding steroid dienone is 4. The van der Waals surface area contributed by atoms with Gasteiger partial charge in [0.05, 0.1) is 6.10 Å². The second kappa shape index (κ2) is 5.39. The molecular weight excluding hydrogens is 328 g/mol. The summed E-state index contributed by atoms with van der Waals surface area (Å²) < 4.78 is 0. The van der Waals surface area contributed by atoms with E-state index >= 15 is 0 Å². The van der Waals surface area contributed by atoms with Crippen LogP contribution < -0.4 is 0 Å². The molecule has 142 valence electrons. The van der Waals surface area contributed by atoms with Crippen molar-refractivity contribution in [1.29, 1.82) is 0 Å². The number of carbonyl (C=O) groups excluding carboxylic acids is 2. The third-order valence-electron chi connectivity index (χ3n) is 8.55. The molecular formula is C22H30O4. The number of ketones is 2. The molecule has 4 aliphatic carbocycles. The van der Waals surface area contributed by atoms with Crippen molar-refractivity contribution in [2.45, 2.75) is 65.1 Å². The number of aliphatic hydroxyl groups is 2. The number of hydrogen-bond donors (Lipinski definition) is 2. The van der Waals surface area contributed by atoms with Crippen molar-refractivity contribution in [1.82, 2.24) is 0 Å². The maximum atomic E-state index is 12.3. The second-order valence-electron chi connectivity index (χ2n) is 9.70. The molecule has 0 aromatic carbocycles. The van der Waals surface area contributed by atoms with E-state index in [0.717, 1.165) is 18.4 Å². The van der Waals surface area contributed by atoms with Crippen LogP contribution in [0.1, 0.15) is 53.4 Å². The summed E-state index contributed by atoms with van der Waals surface area (Å²) in [5.74, 6) is 0.609. The van der Waals surface area contributed by atoms with Gasteiger partial charge in [-0.05, 0) is 62.5 Å². The predicted octanol–water partition coefficient (Wildman–Crippen LogP) is 2.83. The van der Waals surface area contributed by atoms with Gasteiger partial charge >= 0.3 is 0 Å². The number of aliphatic hydroxyl groups excluding tert-OH is 1. The molecule has 3 fully saturated rings. The summed E-state index contributed by atoms with van der Waals surface area (Å²) in [6.45, 7) is 7.79. The Kier molecular flexibility index (Phi) is 3.75. The minimum Gasteiger partial charge on any atom is -0.393 e. The van der Waals surface area contributed by atoms with Crippen LogP contribution in [-0.4, -0.2) is 33.5 Å². The van der Waals surface area contributed by atoms with Crippen LogP contribution in [-0.2, 0) is 9.59 Å². The lowest BCUT2D eigenvalue weighted by molar-refractivity contribution is -0.176. The molecule has 4 heteroatoms. The Balaban J connectivity index is 1.80. The lowest BCUT2D eigenvalue weighted by Crippen LogP contribution is -2.61. The van der Waals surface area contributed by atoms with Crippen LogP contribution in [0.2, 0.25) is 0 Å². The minimum atomic E-state index is -1.33. The van der Waals surface area contributed by atoms with E-state index in [2.05, 4.69) is 13.8 Å². The zero-order valence-electron chi connectivity index (χ0n) is 16.2. The predicted molar refractivity (Wildman–Crippen MR) is 98.2 cm³/mol. The average Bonchev–Trinajstić information content (AvgIpc) is 2.81. The van der Waals surface area contributed by atoms with E-state index in [1.165, 1.54) is 6.92 Å². The molecule has 0 bridgehead atoms. The molecule has 4 rings (SSSR count). The Hall–Kier alpha value is -1.26. The average molecular weight is 358 g/mol. The van der Waals surface area contributed by atoms with Gasteiger partial charge in [-0.2, -0.15) is 0 Å². The van der Waals surface area contributed by atoms with Gasteiger partial charge in [-0.25, -0.2) is 0 Å². The minimum absolute atomic E-state index is 0.0293. The number of Topliss-reactive ketones (excluding diaryl/α,β-unsaturated/α-hetero) is 1. The highest BCUT2D eigenvalue weighted by Gasteiger charge is 2.68. The maximum Gasteiger partial charge on any atom is 0.178 e. The van der Waals surface area contributed by atoms with Crippen LogP contribution >= 0.6 is 0 Å². The monoisotopic (exact) mass is 358 g/mol. The summed E-state index contributed by atoms with van der Waals surface area (Å²) in [4.78, 5) is 24.2. The summed E-state index contributed by atoms with van der Waals surface area (Å²) >= 11 is 0. The van der Waals surface area contributed by atoms with Crippen molar-refractivity contribution in [3.63, 3.8) is 0 Å². The van der Waals surface area contributed by atoms with Gasteiger partial charge in [0.25, 0.3) is 0 Å². The molecule has 2 N–H and O–H groups in total. The van der Waals surface area contributed by atoms with Gasteiger partial charge in [0.2, 0.25) is 0 Å². The van der Waals surface area contributed by atoms with E-state index in [0.29, 0.717) is 12.8 Å². The largest absolute Gasteiger partial charge is 0.393 e. The SMILES string of the molecule is CC(=O)[C@@]1(O)CC[C@H]2[C@@H]3C[C@H](C)C4=CC(=O)C=C[C@]4(C)[C@@H]3[C@@H](O)C[C@@]21C. The highest BCUT2D eigenvalue weighted by molar-refractivity contribution is 6.01. The lowest BCUT2D eigenvalue weighted by atomic mass is 9.45. The van der Waals surface area contributed by atoms with Crippen LogP contribution in [0.3, 0.4) is 0 Å². The topological polar surface area (TPSA) is 74.6 Å². The fourth-order valence-electron chi connectivity index (χ4n) is 7.33. The van der Waals surface area contributed by atoms with Crippen molar-refractivity contribution in [2.24, 2.45) is 34.5 Å². The van der Waals surface area contributed by atoms with Crippen molar-refractivity contribution in [2.75, 3.05) is 0 Å². The van der Waals surface area contributed by atoms with Crippen LogP contribution in [0.5, 0.6) is 0 Å². The fourth-order valence-corrected chi connectivity index (χ4v) is 7.33. The lowest BCUT2D eigenvalue weighted by Gasteiger charge is -2.60. The van der Waals surface area contributed by atoms with E-state index < -0.39 is 17.1 Å². The van der Waals surface area contributed by atoms with Crippen molar-refractivity contribution >= 4 is 11.6 Å². The van der Waals surface area contributed by atoms with E-state index in [9.17, 15) is 19.8 Å². The zero-order valence-corrected chi connectivity index (χ0v) is 16.2. The van der Waals surface area contributed by atoms with Gasteiger partial charge in [0.15, 0.2) is 11.6 Å². The molecule has 26 heavy (non-hydrogen) atoms. The normalized spacial score (nSPS) is 52.8. The smallest absolute Gasteiger partial charge is 0.178 e. The molecule has 0 radical (unpaired) electrons. The standard InChI is InChI=1S/C22H30O4/c1-12-9-15-16-6-8-22(26,13(2)23)21(16,4)11-18(25)19(15)20(3)7-5-14(24)10-17(12)20/h5,7,10,12,15-16,18-19,25-26H,6,8-9,11H2,1-4H3/t12-,15-,16-,18-,19-,20-,21-,22-/m0/s1. The Morgan fingerprint density at radius 2 is 2.00 bits per heavy atom. The molecule has 0 saturated heterocycles. The summed E-state index contributed by atoms with van der Waals surface area (Å²) in [6, 6.07) is 0. The molecule has 0 amide bonds. The van der Waals surface area contributed by atoms with Crippen LogP contribution in [0.15, 0.2) is 23.8 Å². The molecule has 8 atom stereocenters. The highest BCUT2D eigenvalue weighted by Crippen LogP contribution is 2.67.